The molecule has 0 atom stereocenters. The molecule has 0 aliphatic rings. The summed E-state index contributed by atoms with van der Waals surface area (Å²) in [7, 11) is 0. The number of nitrogens with one attached hydrogen (secondary N) is 1. The number of rotatable bonds is 6. The normalized spacial score (nSPS) is 11.6. The molecule has 0 aliphatic heterocycles. The van der Waals surface area contributed by atoms with Gasteiger partial charge in [-0.3, -0.25) is 0 Å². The zero-order valence-electron chi connectivity index (χ0n) is 11.5. The molecule has 1 N–H and O–H groups in total. The molecular weight excluding hydrogens is 249 g/mol. The molecule has 4 heteroatoms. The van der Waals surface area contributed by atoms with Crippen molar-refractivity contribution in [2.24, 2.45) is 0 Å². The van der Waals surface area contributed by atoms with Gasteiger partial charge < -0.3 is 10.1 Å². The minimum atomic E-state index is -0.248. The van der Waals surface area contributed by atoms with Crippen LogP contribution in [-0.4, -0.2) is 24.2 Å². The lowest BCUT2D eigenvalue weighted by Crippen LogP contribution is -2.35. The topological polar surface area (TPSA) is 21.3 Å². The summed E-state index contributed by atoms with van der Waals surface area (Å²) in [4.78, 5) is 0. The SMILES string of the molecule is CSCCOc1cc(F)cc(CNC(C)(C)C)c1. The fourth-order valence-corrected chi connectivity index (χ4v) is 1.67. The Morgan fingerprint density at radius 1 is 1.28 bits per heavy atom. The third-order valence-electron chi connectivity index (χ3n) is 2.31. The molecule has 0 fully saturated rings. The van der Waals surface area contributed by atoms with Gasteiger partial charge in [0.15, 0.2) is 0 Å². The summed E-state index contributed by atoms with van der Waals surface area (Å²) in [6.07, 6.45) is 2.02. The monoisotopic (exact) mass is 271 g/mol. The largest absolute Gasteiger partial charge is 0.493 e. The van der Waals surface area contributed by atoms with Crippen molar-refractivity contribution >= 4 is 11.8 Å². The van der Waals surface area contributed by atoms with Crippen molar-refractivity contribution < 1.29 is 9.13 Å². The molecule has 0 aromatic heterocycles. The first kappa shape index (κ1) is 15.3. The van der Waals surface area contributed by atoms with Gasteiger partial charge in [0.1, 0.15) is 11.6 Å². The molecule has 0 radical (unpaired) electrons. The van der Waals surface area contributed by atoms with Crippen molar-refractivity contribution in [2.45, 2.75) is 32.9 Å². The molecule has 1 aromatic rings. The summed E-state index contributed by atoms with van der Waals surface area (Å²) in [6.45, 7) is 7.50. The Hall–Kier alpha value is -0.740. The van der Waals surface area contributed by atoms with E-state index in [-0.39, 0.29) is 11.4 Å². The standard InChI is InChI=1S/C14H22FNOS/c1-14(2,3)16-10-11-7-12(15)9-13(8-11)17-5-6-18-4/h7-9,16H,5-6,10H2,1-4H3. The fraction of sp³-hybridized carbons (Fsp3) is 0.571. The third-order valence-corrected chi connectivity index (χ3v) is 2.89. The second kappa shape index (κ2) is 7.00. The number of thioether (sulfide) groups is 1. The van der Waals surface area contributed by atoms with E-state index in [4.69, 9.17) is 4.74 Å². The van der Waals surface area contributed by atoms with E-state index in [0.29, 0.717) is 18.9 Å². The number of ether oxygens (including phenoxy) is 1. The molecule has 0 saturated carbocycles. The number of hydrogen-bond donors (Lipinski definition) is 1. The Labute approximate surface area is 113 Å². The van der Waals surface area contributed by atoms with Gasteiger partial charge in [-0.25, -0.2) is 4.39 Å². The van der Waals surface area contributed by atoms with E-state index < -0.39 is 0 Å². The van der Waals surface area contributed by atoms with Crippen LogP contribution in [0.25, 0.3) is 0 Å². The first-order valence-electron chi connectivity index (χ1n) is 6.07. The summed E-state index contributed by atoms with van der Waals surface area (Å²) in [5.74, 6) is 1.27. The van der Waals surface area contributed by atoms with E-state index in [1.807, 2.05) is 12.3 Å². The second-order valence-electron chi connectivity index (χ2n) is 5.24. The Morgan fingerprint density at radius 3 is 2.61 bits per heavy atom. The lowest BCUT2D eigenvalue weighted by Gasteiger charge is -2.20. The van der Waals surface area contributed by atoms with Crippen LogP contribution in [0.5, 0.6) is 5.75 Å². The van der Waals surface area contributed by atoms with Gasteiger partial charge in [-0.05, 0) is 44.7 Å². The fourth-order valence-electron chi connectivity index (χ4n) is 1.42. The van der Waals surface area contributed by atoms with Crippen molar-refractivity contribution in [1.82, 2.24) is 5.32 Å². The van der Waals surface area contributed by atoms with Crippen LogP contribution >= 0.6 is 11.8 Å². The predicted octanol–water partition coefficient (Wildman–Crippen LogP) is 3.46. The maximum atomic E-state index is 13.4. The van der Waals surface area contributed by atoms with Crippen molar-refractivity contribution in [3.63, 3.8) is 0 Å². The van der Waals surface area contributed by atoms with E-state index in [1.54, 1.807) is 17.8 Å². The number of hydrogen-bond acceptors (Lipinski definition) is 3. The average Bonchev–Trinajstić information content (AvgIpc) is 2.25. The van der Waals surface area contributed by atoms with Crippen molar-refractivity contribution in [2.75, 3.05) is 18.6 Å². The van der Waals surface area contributed by atoms with Crippen LogP contribution < -0.4 is 10.1 Å². The summed E-state index contributed by atoms with van der Waals surface area (Å²) in [5.41, 5.74) is 0.927. The van der Waals surface area contributed by atoms with Crippen molar-refractivity contribution in [3.8, 4) is 5.75 Å². The molecule has 0 heterocycles. The maximum absolute atomic E-state index is 13.4. The molecule has 1 rings (SSSR count). The molecule has 18 heavy (non-hydrogen) atoms. The second-order valence-corrected chi connectivity index (χ2v) is 6.23. The van der Waals surface area contributed by atoms with Crippen LogP contribution in [0.4, 0.5) is 4.39 Å². The zero-order chi connectivity index (χ0) is 13.6. The van der Waals surface area contributed by atoms with Gasteiger partial charge in [-0.15, -0.1) is 0 Å². The van der Waals surface area contributed by atoms with Gasteiger partial charge >= 0.3 is 0 Å². The molecule has 102 valence electrons. The van der Waals surface area contributed by atoms with Crippen LogP contribution in [0.1, 0.15) is 26.3 Å². The lowest BCUT2D eigenvalue weighted by atomic mass is 10.1. The Morgan fingerprint density at radius 2 is 2.00 bits per heavy atom. The third kappa shape index (κ3) is 6.26. The quantitative estimate of drug-likeness (QED) is 0.801. The van der Waals surface area contributed by atoms with Crippen LogP contribution in [0.2, 0.25) is 0 Å². The molecule has 0 saturated heterocycles. The maximum Gasteiger partial charge on any atom is 0.127 e. The first-order valence-corrected chi connectivity index (χ1v) is 7.46. The smallest absolute Gasteiger partial charge is 0.127 e. The highest BCUT2D eigenvalue weighted by molar-refractivity contribution is 7.98. The molecule has 0 aliphatic carbocycles. The molecule has 0 spiro atoms. The van der Waals surface area contributed by atoms with E-state index >= 15 is 0 Å². The van der Waals surface area contributed by atoms with Crippen LogP contribution in [0.15, 0.2) is 18.2 Å². The van der Waals surface area contributed by atoms with Gasteiger partial charge in [-0.2, -0.15) is 11.8 Å². The van der Waals surface area contributed by atoms with E-state index in [0.717, 1.165) is 11.3 Å². The van der Waals surface area contributed by atoms with Crippen LogP contribution in [0, 0.1) is 5.82 Å². The predicted molar refractivity (Wildman–Crippen MR) is 76.9 cm³/mol. The first-order chi connectivity index (χ1) is 8.40. The minimum Gasteiger partial charge on any atom is -0.493 e. The van der Waals surface area contributed by atoms with Gasteiger partial charge in [0.05, 0.1) is 6.61 Å². The number of halogens is 1. The highest BCUT2D eigenvalue weighted by Crippen LogP contribution is 2.17. The number of benzene rings is 1. The molecule has 0 unspecified atom stereocenters. The molecule has 2 nitrogen and oxygen atoms in total. The molecule has 0 amide bonds. The summed E-state index contributed by atoms with van der Waals surface area (Å²) in [5, 5.41) is 3.33. The highest BCUT2D eigenvalue weighted by atomic mass is 32.2. The lowest BCUT2D eigenvalue weighted by molar-refractivity contribution is 0.341. The van der Waals surface area contributed by atoms with Gasteiger partial charge in [0, 0.05) is 23.9 Å². The van der Waals surface area contributed by atoms with E-state index in [1.165, 1.54) is 6.07 Å². The Balaban J connectivity index is 2.62. The van der Waals surface area contributed by atoms with E-state index in [9.17, 15) is 4.39 Å². The van der Waals surface area contributed by atoms with Gasteiger partial charge in [0.2, 0.25) is 0 Å². The minimum absolute atomic E-state index is 0.0200. The zero-order valence-corrected chi connectivity index (χ0v) is 12.4. The average molecular weight is 271 g/mol. The Bertz CT molecular complexity index is 377. The molecular formula is C14H22FNOS. The van der Waals surface area contributed by atoms with Crippen LogP contribution in [0.3, 0.4) is 0 Å². The summed E-state index contributed by atoms with van der Waals surface area (Å²) < 4.78 is 19.0. The van der Waals surface area contributed by atoms with Crippen molar-refractivity contribution in [3.05, 3.63) is 29.6 Å². The van der Waals surface area contributed by atoms with Gasteiger partial charge in [-0.1, -0.05) is 0 Å². The summed E-state index contributed by atoms with van der Waals surface area (Å²) in [6, 6.07) is 4.86. The summed E-state index contributed by atoms with van der Waals surface area (Å²) >= 11 is 1.71. The Kier molecular flexibility index (Phi) is 5.96. The van der Waals surface area contributed by atoms with Crippen molar-refractivity contribution in [1.29, 1.82) is 0 Å². The van der Waals surface area contributed by atoms with E-state index in [2.05, 4.69) is 26.1 Å². The van der Waals surface area contributed by atoms with Crippen LogP contribution in [-0.2, 0) is 6.54 Å². The van der Waals surface area contributed by atoms with Gasteiger partial charge in [0.25, 0.3) is 0 Å². The molecule has 0 bridgehead atoms. The highest BCUT2D eigenvalue weighted by Gasteiger charge is 2.09. The molecule has 1 aromatic carbocycles.